The molecule has 0 aromatic heterocycles. The molecule has 0 saturated heterocycles. The third-order valence-corrected chi connectivity index (χ3v) is 3.81. The van der Waals surface area contributed by atoms with Gasteiger partial charge in [0.25, 0.3) is 5.91 Å². The fraction of sp³-hybridized carbons (Fsp3) is 0.250. The molecule has 0 heterocycles. The van der Waals surface area contributed by atoms with Gasteiger partial charge >= 0.3 is 5.97 Å². The first-order chi connectivity index (χ1) is 11.9. The van der Waals surface area contributed by atoms with Crippen molar-refractivity contribution in [1.82, 2.24) is 0 Å². The van der Waals surface area contributed by atoms with Crippen molar-refractivity contribution in [3.8, 4) is 0 Å². The predicted octanol–water partition coefficient (Wildman–Crippen LogP) is 3.73. The molecule has 0 fully saturated rings. The molecule has 5 nitrogen and oxygen atoms in total. The molecular weight excluding hydrogens is 318 g/mol. The Bertz CT molecular complexity index is 779. The van der Waals surface area contributed by atoms with E-state index in [2.05, 4.69) is 5.32 Å². The van der Waals surface area contributed by atoms with E-state index in [1.54, 1.807) is 0 Å². The summed E-state index contributed by atoms with van der Waals surface area (Å²) < 4.78 is 5.04. The summed E-state index contributed by atoms with van der Waals surface area (Å²) in [5, 5.41) is 2.82. The maximum absolute atomic E-state index is 12.1. The lowest BCUT2D eigenvalue weighted by Crippen LogP contribution is -2.22. The quantitative estimate of drug-likeness (QED) is 0.643. The number of anilines is 1. The second kappa shape index (κ2) is 8.24. The van der Waals surface area contributed by atoms with Crippen molar-refractivity contribution < 1.29 is 19.1 Å². The van der Waals surface area contributed by atoms with E-state index in [1.807, 2.05) is 39.0 Å². The van der Waals surface area contributed by atoms with Gasteiger partial charge in [-0.2, -0.15) is 0 Å². The Labute approximate surface area is 147 Å². The molecule has 0 aliphatic rings. The number of carbonyl (C=O) groups is 3. The Morgan fingerprint density at radius 3 is 2.40 bits per heavy atom. The van der Waals surface area contributed by atoms with Gasteiger partial charge in [-0.05, 0) is 36.1 Å². The van der Waals surface area contributed by atoms with E-state index in [0.29, 0.717) is 11.8 Å². The summed E-state index contributed by atoms with van der Waals surface area (Å²) >= 11 is 0. The van der Waals surface area contributed by atoms with Gasteiger partial charge in [0.15, 0.2) is 6.61 Å². The molecule has 1 N–H and O–H groups in total. The zero-order chi connectivity index (χ0) is 18.4. The average Bonchev–Trinajstić information content (AvgIpc) is 2.61. The zero-order valence-electron chi connectivity index (χ0n) is 14.5. The normalized spacial score (nSPS) is 10.4. The number of aldehydes is 1. The highest BCUT2D eigenvalue weighted by atomic mass is 16.5. The average molecular weight is 339 g/mol. The van der Waals surface area contributed by atoms with Gasteiger partial charge in [0.05, 0.1) is 5.56 Å². The van der Waals surface area contributed by atoms with Crippen LogP contribution in [-0.2, 0) is 9.53 Å². The molecule has 0 atom stereocenters. The molecule has 2 rings (SSSR count). The Morgan fingerprint density at radius 1 is 1.12 bits per heavy atom. The van der Waals surface area contributed by atoms with Crippen LogP contribution in [0.15, 0.2) is 42.5 Å². The fourth-order valence-corrected chi connectivity index (χ4v) is 2.43. The smallest absolute Gasteiger partial charge is 0.338 e. The van der Waals surface area contributed by atoms with E-state index >= 15 is 0 Å². The second-order valence-electron chi connectivity index (χ2n) is 6.06. The number of carbonyl (C=O) groups excluding carboxylic acids is 3. The van der Waals surface area contributed by atoms with E-state index in [-0.39, 0.29) is 18.1 Å². The second-order valence-corrected chi connectivity index (χ2v) is 6.06. The Kier molecular flexibility index (Phi) is 6.06. The maximum atomic E-state index is 12.1. The first kappa shape index (κ1) is 18.4. The number of hydrogen-bond donors (Lipinski definition) is 1. The van der Waals surface area contributed by atoms with Gasteiger partial charge in [0.2, 0.25) is 0 Å². The van der Waals surface area contributed by atoms with Gasteiger partial charge in [-0.25, -0.2) is 4.79 Å². The number of benzene rings is 2. The van der Waals surface area contributed by atoms with Crippen LogP contribution >= 0.6 is 0 Å². The van der Waals surface area contributed by atoms with E-state index in [4.69, 9.17) is 4.74 Å². The molecule has 0 unspecified atom stereocenters. The Balaban J connectivity index is 1.99. The SMILES string of the molecule is Cc1cccc(C(C)C)c1NC(=O)COC(=O)c1ccc(C=O)cc1. The largest absolute Gasteiger partial charge is 0.452 e. The minimum atomic E-state index is -0.610. The van der Waals surface area contributed by atoms with Crippen molar-refractivity contribution in [2.45, 2.75) is 26.7 Å². The lowest BCUT2D eigenvalue weighted by molar-refractivity contribution is -0.119. The molecule has 0 saturated carbocycles. The van der Waals surface area contributed by atoms with Gasteiger partial charge in [0.1, 0.15) is 6.29 Å². The third kappa shape index (κ3) is 4.76. The molecule has 0 bridgehead atoms. The van der Waals surface area contributed by atoms with Gasteiger partial charge in [-0.15, -0.1) is 0 Å². The number of ether oxygens (including phenoxy) is 1. The highest BCUT2D eigenvalue weighted by Crippen LogP contribution is 2.27. The molecule has 0 radical (unpaired) electrons. The molecule has 130 valence electrons. The van der Waals surface area contributed by atoms with E-state index in [9.17, 15) is 14.4 Å². The Hall–Kier alpha value is -2.95. The molecule has 0 aliphatic heterocycles. The third-order valence-electron chi connectivity index (χ3n) is 3.81. The standard InChI is InChI=1S/C20H21NO4/c1-13(2)17-6-4-5-14(3)19(17)21-18(23)12-25-20(24)16-9-7-15(11-22)8-10-16/h4-11,13H,12H2,1-3H3,(H,21,23). The lowest BCUT2D eigenvalue weighted by atomic mass is 9.98. The summed E-state index contributed by atoms with van der Waals surface area (Å²) in [4.78, 5) is 34.7. The number of para-hydroxylation sites is 1. The van der Waals surface area contributed by atoms with Gasteiger partial charge in [-0.3, -0.25) is 9.59 Å². The highest BCUT2D eigenvalue weighted by Gasteiger charge is 2.14. The lowest BCUT2D eigenvalue weighted by Gasteiger charge is -2.16. The summed E-state index contributed by atoms with van der Waals surface area (Å²) in [5.74, 6) is -0.746. The number of nitrogens with one attached hydrogen (secondary N) is 1. The first-order valence-corrected chi connectivity index (χ1v) is 8.04. The monoisotopic (exact) mass is 339 g/mol. The van der Waals surface area contributed by atoms with Crippen molar-refractivity contribution in [2.75, 3.05) is 11.9 Å². The van der Waals surface area contributed by atoms with Gasteiger partial charge < -0.3 is 10.1 Å². The van der Waals surface area contributed by atoms with Gasteiger partial charge in [-0.1, -0.05) is 44.2 Å². The zero-order valence-corrected chi connectivity index (χ0v) is 14.5. The topological polar surface area (TPSA) is 72.5 Å². The highest BCUT2D eigenvalue weighted by molar-refractivity contribution is 5.96. The first-order valence-electron chi connectivity index (χ1n) is 8.04. The predicted molar refractivity (Wildman–Crippen MR) is 96.0 cm³/mol. The van der Waals surface area contributed by atoms with Crippen LogP contribution in [0.2, 0.25) is 0 Å². The summed E-state index contributed by atoms with van der Waals surface area (Å²) in [5.41, 5.74) is 3.50. The minimum absolute atomic E-state index is 0.258. The van der Waals surface area contributed by atoms with Crippen LogP contribution in [0, 0.1) is 6.92 Å². The molecule has 0 spiro atoms. The molecule has 2 aromatic carbocycles. The summed E-state index contributed by atoms with van der Waals surface area (Å²) in [6.45, 7) is 5.64. The molecule has 2 aromatic rings. The van der Waals surface area contributed by atoms with E-state index < -0.39 is 11.9 Å². The van der Waals surface area contributed by atoms with Gasteiger partial charge in [0, 0.05) is 11.3 Å². The maximum Gasteiger partial charge on any atom is 0.338 e. The summed E-state index contributed by atoms with van der Waals surface area (Å²) in [7, 11) is 0. The minimum Gasteiger partial charge on any atom is -0.452 e. The molecule has 25 heavy (non-hydrogen) atoms. The number of aryl methyl sites for hydroxylation is 1. The van der Waals surface area contributed by atoms with E-state index in [0.717, 1.165) is 16.8 Å². The molecule has 0 aliphatic carbocycles. The molecular formula is C20H21NO4. The number of hydrogen-bond acceptors (Lipinski definition) is 4. The van der Waals surface area contributed by atoms with E-state index in [1.165, 1.54) is 24.3 Å². The van der Waals surface area contributed by atoms with Crippen molar-refractivity contribution in [3.05, 3.63) is 64.7 Å². The van der Waals surface area contributed by atoms with Crippen LogP contribution in [0.25, 0.3) is 0 Å². The van der Waals surface area contributed by atoms with Crippen LogP contribution in [0.4, 0.5) is 5.69 Å². The van der Waals surface area contributed by atoms with Crippen molar-refractivity contribution in [1.29, 1.82) is 0 Å². The molecule has 5 heteroatoms. The number of rotatable bonds is 6. The van der Waals surface area contributed by atoms with Crippen LogP contribution in [0.5, 0.6) is 0 Å². The van der Waals surface area contributed by atoms with Crippen molar-refractivity contribution >= 4 is 23.9 Å². The number of esters is 1. The van der Waals surface area contributed by atoms with Crippen LogP contribution in [0.3, 0.4) is 0 Å². The Morgan fingerprint density at radius 2 is 1.80 bits per heavy atom. The van der Waals surface area contributed by atoms with Crippen molar-refractivity contribution in [3.63, 3.8) is 0 Å². The van der Waals surface area contributed by atoms with Crippen LogP contribution in [-0.4, -0.2) is 24.8 Å². The fourth-order valence-electron chi connectivity index (χ4n) is 2.43. The summed E-state index contributed by atoms with van der Waals surface area (Å²) in [6.07, 6.45) is 0.692. The van der Waals surface area contributed by atoms with Crippen molar-refractivity contribution in [2.24, 2.45) is 0 Å². The molecule has 1 amide bonds. The van der Waals surface area contributed by atoms with Crippen LogP contribution in [0.1, 0.15) is 51.6 Å². The number of amides is 1. The summed E-state index contributed by atoms with van der Waals surface area (Å²) in [6, 6.07) is 11.8. The van der Waals surface area contributed by atoms with Crippen LogP contribution < -0.4 is 5.32 Å².